The van der Waals surface area contributed by atoms with Crippen molar-refractivity contribution in [3.05, 3.63) is 29.1 Å². The fourth-order valence-corrected chi connectivity index (χ4v) is 3.93. The fourth-order valence-electron chi connectivity index (χ4n) is 2.98. The molecule has 3 N–H and O–H groups in total. The summed E-state index contributed by atoms with van der Waals surface area (Å²) in [6.45, 7) is 4.49. The molecule has 0 bridgehead atoms. The van der Waals surface area contributed by atoms with E-state index >= 15 is 0 Å². The second-order valence-corrected chi connectivity index (χ2v) is 6.99. The van der Waals surface area contributed by atoms with Gasteiger partial charge in [-0.05, 0) is 54.3 Å². The molecule has 1 fully saturated rings. The van der Waals surface area contributed by atoms with Gasteiger partial charge in [0.25, 0.3) is 5.91 Å². The highest BCUT2D eigenvalue weighted by atomic mass is 32.1. The molecular weight excluding hydrogens is 268 g/mol. The Morgan fingerprint density at radius 2 is 2.10 bits per heavy atom. The molecule has 1 aromatic carbocycles. The molecule has 1 aliphatic carbocycles. The Bertz CT molecular complexity index is 649. The van der Waals surface area contributed by atoms with Crippen LogP contribution in [0.3, 0.4) is 0 Å². The van der Waals surface area contributed by atoms with Crippen molar-refractivity contribution in [3.63, 3.8) is 0 Å². The van der Waals surface area contributed by atoms with Gasteiger partial charge in [-0.2, -0.15) is 0 Å². The van der Waals surface area contributed by atoms with Crippen molar-refractivity contribution in [1.82, 2.24) is 5.32 Å². The Balaban J connectivity index is 1.79. The summed E-state index contributed by atoms with van der Waals surface area (Å²) in [5.74, 6) is 1.31. The van der Waals surface area contributed by atoms with Crippen molar-refractivity contribution in [1.29, 1.82) is 0 Å². The third kappa shape index (κ3) is 2.40. The van der Waals surface area contributed by atoms with Crippen LogP contribution in [0, 0.1) is 11.8 Å². The minimum Gasteiger partial charge on any atom is -0.399 e. The van der Waals surface area contributed by atoms with Crippen LogP contribution in [0.5, 0.6) is 0 Å². The summed E-state index contributed by atoms with van der Waals surface area (Å²) in [6.07, 6.45) is 2.29. The molecule has 106 valence electrons. The van der Waals surface area contributed by atoms with E-state index in [1.165, 1.54) is 17.8 Å². The standard InChI is InChI=1S/C16H20N2OS/c1-9-3-5-13(10(9)2)18-16(19)15-8-11-7-12(17)4-6-14(11)20-15/h4,6-10,13H,3,5,17H2,1-2H3,(H,18,19). The molecule has 0 spiro atoms. The van der Waals surface area contributed by atoms with Gasteiger partial charge in [-0.1, -0.05) is 13.8 Å². The molecule has 2 aromatic rings. The van der Waals surface area contributed by atoms with Gasteiger partial charge in [0.2, 0.25) is 0 Å². The van der Waals surface area contributed by atoms with Gasteiger partial charge in [-0.15, -0.1) is 11.3 Å². The summed E-state index contributed by atoms with van der Waals surface area (Å²) in [5.41, 5.74) is 6.52. The van der Waals surface area contributed by atoms with Gasteiger partial charge in [0.15, 0.2) is 0 Å². The third-order valence-corrected chi connectivity index (χ3v) is 5.66. The maximum Gasteiger partial charge on any atom is 0.261 e. The van der Waals surface area contributed by atoms with Gasteiger partial charge in [0.1, 0.15) is 0 Å². The monoisotopic (exact) mass is 288 g/mol. The first-order valence-corrected chi connectivity index (χ1v) is 7.96. The zero-order valence-electron chi connectivity index (χ0n) is 11.8. The maximum atomic E-state index is 12.4. The van der Waals surface area contributed by atoms with Crippen LogP contribution in [0.15, 0.2) is 24.3 Å². The second-order valence-electron chi connectivity index (χ2n) is 5.90. The predicted octanol–water partition coefficient (Wildman–Crippen LogP) is 3.65. The number of amides is 1. The molecule has 1 heterocycles. The summed E-state index contributed by atoms with van der Waals surface area (Å²) < 4.78 is 1.11. The fraction of sp³-hybridized carbons (Fsp3) is 0.438. The first kappa shape index (κ1) is 13.4. The lowest BCUT2D eigenvalue weighted by Gasteiger charge is -2.19. The van der Waals surface area contributed by atoms with Crippen LogP contribution >= 0.6 is 11.3 Å². The van der Waals surface area contributed by atoms with Crippen molar-refractivity contribution >= 4 is 33.0 Å². The number of carbonyl (C=O) groups excluding carboxylic acids is 1. The number of hydrogen-bond donors (Lipinski definition) is 2. The minimum atomic E-state index is 0.0516. The summed E-state index contributed by atoms with van der Waals surface area (Å²) in [6, 6.07) is 8.03. The highest BCUT2D eigenvalue weighted by molar-refractivity contribution is 7.20. The number of thiophene rings is 1. The Morgan fingerprint density at radius 3 is 2.80 bits per heavy atom. The van der Waals surface area contributed by atoms with E-state index in [4.69, 9.17) is 5.73 Å². The first-order valence-electron chi connectivity index (χ1n) is 7.14. The summed E-state index contributed by atoms with van der Waals surface area (Å²) in [4.78, 5) is 13.2. The zero-order valence-corrected chi connectivity index (χ0v) is 12.7. The molecule has 20 heavy (non-hydrogen) atoms. The topological polar surface area (TPSA) is 55.1 Å². The van der Waals surface area contributed by atoms with E-state index in [0.29, 0.717) is 17.9 Å². The van der Waals surface area contributed by atoms with Gasteiger partial charge in [0.05, 0.1) is 4.88 Å². The number of fused-ring (bicyclic) bond motifs is 1. The average molecular weight is 288 g/mol. The normalized spacial score (nSPS) is 26.0. The van der Waals surface area contributed by atoms with E-state index in [2.05, 4.69) is 19.2 Å². The van der Waals surface area contributed by atoms with Gasteiger partial charge in [0, 0.05) is 16.4 Å². The molecule has 1 aromatic heterocycles. The molecule has 1 aliphatic rings. The minimum absolute atomic E-state index is 0.0516. The SMILES string of the molecule is CC1CCC(NC(=O)c2cc3cc(N)ccc3s2)C1C. The molecule has 3 rings (SSSR count). The van der Waals surface area contributed by atoms with Crippen molar-refractivity contribution in [2.24, 2.45) is 11.8 Å². The number of anilines is 1. The van der Waals surface area contributed by atoms with E-state index in [0.717, 1.165) is 27.1 Å². The Kier molecular flexibility index (Phi) is 3.42. The van der Waals surface area contributed by atoms with Crippen LogP contribution in [0.4, 0.5) is 5.69 Å². The summed E-state index contributed by atoms with van der Waals surface area (Å²) in [7, 11) is 0. The van der Waals surface area contributed by atoms with E-state index in [1.807, 2.05) is 24.3 Å². The van der Waals surface area contributed by atoms with Crippen LogP contribution in [-0.4, -0.2) is 11.9 Å². The molecule has 4 heteroatoms. The van der Waals surface area contributed by atoms with Gasteiger partial charge < -0.3 is 11.1 Å². The molecule has 3 atom stereocenters. The third-order valence-electron chi connectivity index (χ3n) is 4.55. The van der Waals surface area contributed by atoms with Crippen LogP contribution in [0.1, 0.15) is 36.4 Å². The first-order chi connectivity index (χ1) is 9.54. The molecule has 1 amide bonds. The summed E-state index contributed by atoms with van der Waals surface area (Å²) in [5, 5.41) is 4.24. The summed E-state index contributed by atoms with van der Waals surface area (Å²) >= 11 is 1.53. The van der Waals surface area contributed by atoms with Gasteiger partial charge in [-0.3, -0.25) is 4.79 Å². The van der Waals surface area contributed by atoms with Gasteiger partial charge >= 0.3 is 0 Å². The predicted molar refractivity (Wildman–Crippen MR) is 85.1 cm³/mol. The molecule has 0 saturated heterocycles. The largest absolute Gasteiger partial charge is 0.399 e. The molecule has 1 saturated carbocycles. The maximum absolute atomic E-state index is 12.4. The Hall–Kier alpha value is -1.55. The van der Waals surface area contributed by atoms with E-state index in [1.54, 1.807) is 0 Å². The highest BCUT2D eigenvalue weighted by Crippen LogP contribution is 2.32. The van der Waals surface area contributed by atoms with Crippen molar-refractivity contribution in [2.45, 2.75) is 32.7 Å². The molecule has 3 nitrogen and oxygen atoms in total. The van der Waals surface area contributed by atoms with Crippen molar-refractivity contribution in [3.8, 4) is 0 Å². The quantitative estimate of drug-likeness (QED) is 0.829. The van der Waals surface area contributed by atoms with E-state index < -0.39 is 0 Å². The number of benzene rings is 1. The molecule has 3 unspecified atom stereocenters. The second kappa shape index (κ2) is 5.09. The smallest absolute Gasteiger partial charge is 0.261 e. The lowest BCUT2D eigenvalue weighted by molar-refractivity contribution is 0.0931. The van der Waals surface area contributed by atoms with E-state index in [9.17, 15) is 4.79 Å². The number of hydrogen-bond acceptors (Lipinski definition) is 3. The van der Waals surface area contributed by atoms with Crippen LogP contribution < -0.4 is 11.1 Å². The van der Waals surface area contributed by atoms with Crippen molar-refractivity contribution < 1.29 is 4.79 Å². The number of rotatable bonds is 2. The highest BCUT2D eigenvalue weighted by Gasteiger charge is 2.31. The molecule has 0 radical (unpaired) electrons. The lowest BCUT2D eigenvalue weighted by atomic mass is 9.98. The number of nitrogen functional groups attached to an aromatic ring is 1. The average Bonchev–Trinajstić information content (AvgIpc) is 2.96. The van der Waals surface area contributed by atoms with Crippen LogP contribution in [-0.2, 0) is 0 Å². The lowest BCUT2D eigenvalue weighted by Crippen LogP contribution is -2.36. The van der Waals surface area contributed by atoms with Crippen molar-refractivity contribution in [2.75, 3.05) is 5.73 Å². The van der Waals surface area contributed by atoms with Crippen LogP contribution in [0.2, 0.25) is 0 Å². The van der Waals surface area contributed by atoms with Gasteiger partial charge in [-0.25, -0.2) is 0 Å². The Labute approximate surface area is 123 Å². The van der Waals surface area contributed by atoms with E-state index in [-0.39, 0.29) is 5.91 Å². The Morgan fingerprint density at radius 1 is 1.30 bits per heavy atom. The molecular formula is C16H20N2OS. The molecule has 0 aliphatic heterocycles. The van der Waals surface area contributed by atoms with Crippen LogP contribution in [0.25, 0.3) is 10.1 Å². The number of nitrogens with two attached hydrogens (primary N) is 1. The zero-order chi connectivity index (χ0) is 14.3. The number of nitrogens with one attached hydrogen (secondary N) is 1. The number of carbonyl (C=O) groups is 1.